The van der Waals surface area contributed by atoms with Gasteiger partial charge in [0.2, 0.25) is 5.91 Å². The number of ether oxygens (including phenoxy) is 1. The van der Waals surface area contributed by atoms with E-state index in [0.717, 1.165) is 0 Å². The topological polar surface area (TPSA) is 58.6 Å². The van der Waals surface area contributed by atoms with Gasteiger partial charge >= 0.3 is 5.97 Å². The fourth-order valence-electron chi connectivity index (χ4n) is 1.53. The minimum Gasteiger partial charge on any atom is -0.468 e. The van der Waals surface area contributed by atoms with Crippen molar-refractivity contribution in [3.05, 3.63) is 28.2 Å². The number of halogens is 2. The summed E-state index contributed by atoms with van der Waals surface area (Å²) in [6.45, 7) is 2.49. The van der Waals surface area contributed by atoms with Gasteiger partial charge in [0, 0.05) is 0 Å². The number of amides is 1. The predicted octanol–water partition coefficient (Wildman–Crippen LogP) is 2.43. The second-order valence-electron chi connectivity index (χ2n) is 4.02. The highest BCUT2D eigenvalue weighted by molar-refractivity contribution is 6.39. The number of hydrogen-bond donors (Lipinski definition) is 1. The molecule has 1 rings (SSSR count). The molecule has 0 aliphatic carbocycles. The molecule has 0 saturated carbocycles. The van der Waals surface area contributed by atoms with Gasteiger partial charge in [0.15, 0.2) is 0 Å². The monoisotopic (exact) mass is 318 g/mol. The van der Waals surface area contributed by atoms with Crippen molar-refractivity contribution >= 4 is 40.8 Å². The maximum Gasteiger partial charge on any atom is 0.319 e. The second-order valence-corrected chi connectivity index (χ2v) is 4.84. The number of benzene rings is 1. The van der Waals surface area contributed by atoms with Gasteiger partial charge < -0.3 is 10.1 Å². The zero-order chi connectivity index (χ0) is 15.1. The number of methoxy groups -OCH3 is 1. The average Bonchev–Trinajstić information content (AvgIpc) is 2.42. The van der Waals surface area contributed by atoms with Crippen LogP contribution in [0.3, 0.4) is 0 Å². The molecule has 0 saturated heterocycles. The number of nitrogens with zero attached hydrogens (tertiary/aromatic N) is 1. The molecular weight excluding hydrogens is 303 g/mol. The summed E-state index contributed by atoms with van der Waals surface area (Å²) in [5.41, 5.74) is 0.370. The third-order valence-electron chi connectivity index (χ3n) is 2.62. The number of likely N-dealkylation sites (N-methyl/N-ethyl adjacent to an activating group) is 1. The summed E-state index contributed by atoms with van der Waals surface area (Å²) in [6, 6.07) is 4.96. The Hall–Kier alpha value is -1.30. The average molecular weight is 319 g/mol. The molecule has 1 amide bonds. The van der Waals surface area contributed by atoms with Crippen molar-refractivity contribution in [3.63, 3.8) is 0 Å². The van der Waals surface area contributed by atoms with Crippen LogP contribution in [0.2, 0.25) is 10.0 Å². The summed E-state index contributed by atoms with van der Waals surface area (Å²) in [4.78, 5) is 24.8. The van der Waals surface area contributed by atoms with Crippen LogP contribution in [0.1, 0.15) is 6.92 Å². The van der Waals surface area contributed by atoms with Crippen LogP contribution in [0.5, 0.6) is 0 Å². The Morgan fingerprint density at radius 1 is 1.25 bits per heavy atom. The minimum absolute atomic E-state index is 0.0488. The van der Waals surface area contributed by atoms with Gasteiger partial charge in [-0.2, -0.15) is 0 Å². The van der Waals surface area contributed by atoms with E-state index in [4.69, 9.17) is 23.2 Å². The summed E-state index contributed by atoms with van der Waals surface area (Å²) < 4.78 is 4.57. The Bertz CT molecular complexity index is 474. The van der Waals surface area contributed by atoms with Gasteiger partial charge in [-0.15, -0.1) is 0 Å². The van der Waals surface area contributed by atoms with Crippen molar-refractivity contribution in [3.8, 4) is 0 Å². The van der Waals surface area contributed by atoms with Crippen molar-refractivity contribution in [2.75, 3.05) is 32.1 Å². The van der Waals surface area contributed by atoms with E-state index in [2.05, 4.69) is 10.1 Å². The Balaban J connectivity index is 2.64. The quantitative estimate of drug-likeness (QED) is 0.818. The van der Waals surface area contributed by atoms with Crippen LogP contribution < -0.4 is 5.32 Å². The third-order valence-corrected chi connectivity index (χ3v) is 3.25. The fourth-order valence-corrected chi connectivity index (χ4v) is 2.02. The molecule has 0 spiro atoms. The second kappa shape index (κ2) is 8.09. The first kappa shape index (κ1) is 16.8. The number of hydrogen-bond acceptors (Lipinski definition) is 4. The summed E-state index contributed by atoms with van der Waals surface area (Å²) in [5, 5.41) is 3.36. The molecular formula is C13H16Cl2N2O3. The van der Waals surface area contributed by atoms with Crippen molar-refractivity contribution in [2.45, 2.75) is 6.92 Å². The molecule has 7 heteroatoms. The number of esters is 1. The molecule has 1 aromatic rings. The molecule has 20 heavy (non-hydrogen) atoms. The fraction of sp³-hybridized carbons (Fsp3) is 0.385. The molecule has 0 aromatic heterocycles. The lowest BCUT2D eigenvalue weighted by Crippen LogP contribution is -2.37. The number of carbonyl (C=O) groups is 2. The van der Waals surface area contributed by atoms with Crippen LogP contribution in [0.4, 0.5) is 5.69 Å². The number of para-hydroxylation sites is 1. The van der Waals surface area contributed by atoms with Crippen molar-refractivity contribution in [1.82, 2.24) is 4.90 Å². The normalized spacial score (nSPS) is 10.4. The predicted molar refractivity (Wildman–Crippen MR) is 79.2 cm³/mol. The van der Waals surface area contributed by atoms with Crippen molar-refractivity contribution in [2.24, 2.45) is 0 Å². The molecule has 0 heterocycles. The molecule has 0 aliphatic rings. The molecule has 0 bridgehead atoms. The SMILES string of the molecule is CCN(CC(=O)Nc1c(Cl)cccc1Cl)CC(=O)OC. The molecule has 0 unspecified atom stereocenters. The Kier molecular flexibility index (Phi) is 6.78. The Morgan fingerprint density at radius 2 is 1.85 bits per heavy atom. The first-order chi connectivity index (χ1) is 9.47. The van der Waals surface area contributed by atoms with Crippen molar-refractivity contribution < 1.29 is 14.3 Å². The Labute approximate surface area is 127 Å². The van der Waals surface area contributed by atoms with Crippen LogP contribution in [-0.2, 0) is 14.3 Å². The van der Waals surface area contributed by atoms with Gasteiger partial charge in [0.25, 0.3) is 0 Å². The lowest BCUT2D eigenvalue weighted by molar-refractivity contribution is -0.142. The minimum atomic E-state index is -0.393. The van der Waals surface area contributed by atoms with E-state index in [1.165, 1.54) is 7.11 Å². The first-order valence-electron chi connectivity index (χ1n) is 6.01. The maximum absolute atomic E-state index is 11.9. The summed E-state index contributed by atoms with van der Waals surface area (Å²) in [6.07, 6.45) is 0. The van der Waals surface area contributed by atoms with Crippen LogP contribution in [0.15, 0.2) is 18.2 Å². The zero-order valence-corrected chi connectivity index (χ0v) is 12.8. The maximum atomic E-state index is 11.9. The van der Waals surface area contributed by atoms with Crippen LogP contribution in [0, 0.1) is 0 Å². The number of rotatable bonds is 6. The third kappa shape index (κ3) is 5.00. The number of carbonyl (C=O) groups excluding carboxylic acids is 2. The molecule has 1 N–H and O–H groups in total. The molecule has 0 aliphatic heterocycles. The van der Waals surface area contributed by atoms with Gasteiger partial charge in [0.1, 0.15) is 0 Å². The smallest absolute Gasteiger partial charge is 0.319 e. The summed E-state index contributed by atoms with van der Waals surface area (Å²) in [7, 11) is 1.31. The highest BCUT2D eigenvalue weighted by Gasteiger charge is 2.15. The number of nitrogens with one attached hydrogen (secondary N) is 1. The van der Waals surface area contributed by atoms with E-state index in [-0.39, 0.29) is 19.0 Å². The highest BCUT2D eigenvalue weighted by Crippen LogP contribution is 2.29. The molecule has 0 radical (unpaired) electrons. The molecule has 110 valence electrons. The van der Waals surface area contributed by atoms with Crippen LogP contribution in [0.25, 0.3) is 0 Å². The van der Waals surface area contributed by atoms with Crippen LogP contribution >= 0.6 is 23.2 Å². The van der Waals surface area contributed by atoms with E-state index < -0.39 is 5.97 Å². The zero-order valence-electron chi connectivity index (χ0n) is 11.3. The van der Waals surface area contributed by atoms with Gasteiger partial charge in [-0.1, -0.05) is 36.2 Å². The Morgan fingerprint density at radius 3 is 2.35 bits per heavy atom. The summed E-state index contributed by atoms with van der Waals surface area (Å²) in [5.74, 6) is -0.693. The lowest BCUT2D eigenvalue weighted by atomic mass is 10.3. The van der Waals surface area contributed by atoms with Gasteiger partial charge in [-0.05, 0) is 18.7 Å². The van der Waals surface area contributed by atoms with E-state index >= 15 is 0 Å². The first-order valence-corrected chi connectivity index (χ1v) is 6.76. The highest BCUT2D eigenvalue weighted by atomic mass is 35.5. The van der Waals surface area contributed by atoms with E-state index in [0.29, 0.717) is 22.3 Å². The standard InChI is InChI=1S/C13H16Cl2N2O3/c1-3-17(8-12(19)20-2)7-11(18)16-13-9(14)5-4-6-10(13)15/h4-6H,3,7-8H2,1-2H3,(H,16,18). The van der Waals surface area contributed by atoms with E-state index in [1.54, 1.807) is 23.1 Å². The molecule has 0 atom stereocenters. The number of anilines is 1. The molecule has 1 aromatic carbocycles. The largest absolute Gasteiger partial charge is 0.468 e. The lowest BCUT2D eigenvalue weighted by Gasteiger charge is -2.18. The summed E-state index contributed by atoms with van der Waals surface area (Å²) >= 11 is 11.9. The molecule has 5 nitrogen and oxygen atoms in total. The molecule has 0 fully saturated rings. The van der Waals surface area contributed by atoms with Crippen molar-refractivity contribution in [1.29, 1.82) is 0 Å². The van der Waals surface area contributed by atoms with Gasteiger partial charge in [-0.25, -0.2) is 0 Å². The van der Waals surface area contributed by atoms with E-state index in [9.17, 15) is 9.59 Å². The van der Waals surface area contributed by atoms with Crippen LogP contribution in [-0.4, -0.2) is 43.5 Å². The van der Waals surface area contributed by atoms with Gasteiger partial charge in [-0.3, -0.25) is 14.5 Å². The van der Waals surface area contributed by atoms with E-state index in [1.807, 2.05) is 6.92 Å². The van der Waals surface area contributed by atoms with Gasteiger partial charge in [0.05, 0.1) is 35.9 Å².